The monoisotopic (exact) mass is 300 g/mol. The Labute approximate surface area is 130 Å². The van der Waals surface area contributed by atoms with Crippen molar-refractivity contribution in [1.29, 1.82) is 0 Å². The van der Waals surface area contributed by atoms with E-state index in [2.05, 4.69) is 17.2 Å². The second-order valence-corrected chi connectivity index (χ2v) is 5.11. The molecule has 1 N–H and O–H groups in total. The van der Waals surface area contributed by atoms with Gasteiger partial charge in [0, 0.05) is 6.54 Å². The lowest BCUT2D eigenvalue weighted by atomic mass is 10.1. The summed E-state index contributed by atoms with van der Waals surface area (Å²) in [6.07, 6.45) is -0.351. The molecule has 0 aromatic heterocycles. The average molecular weight is 300 g/mol. The minimum Gasteiger partial charge on any atom is -0.366 e. The van der Waals surface area contributed by atoms with Gasteiger partial charge in [-0.15, -0.1) is 5.92 Å². The SMILES string of the molecule is CC#CCNC(=O)[C@@H]1[C@@H](C)OCC(=O)N1Cc1ccccc1. The van der Waals surface area contributed by atoms with Crippen LogP contribution in [-0.2, 0) is 20.9 Å². The van der Waals surface area contributed by atoms with Crippen LogP contribution in [-0.4, -0.2) is 42.0 Å². The lowest BCUT2D eigenvalue weighted by molar-refractivity contribution is -0.163. The van der Waals surface area contributed by atoms with Gasteiger partial charge in [0.1, 0.15) is 12.6 Å². The Morgan fingerprint density at radius 1 is 1.41 bits per heavy atom. The number of hydrogen-bond donors (Lipinski definition) is 1. The number of carbonyl (C=O) groups is 2. The van der Waals surface area contributed by atoms with Gasteiger partial charge < -0.3 is 15.0 Å². The van der Waals surface area contributed by atoms with E-state index in [4.69, 9.17) is 4.74 Å². The first-order valence-electron chi connectivity index (χ1n) is 7.25. The van der Waals surface area contributed by atoms with E-state index in [-0.39, 0.29) is 31.1 Å². The molecule has 0 aliphatic carbocycles. The fourth-order valence-corrected chi connectivity index (χ4v) is 2.43. The van der Waals surface area contributed by atoms with Crippen molar-refractivity contribution in [2.24, 2.45) is 0 Å². The van der Waals surface area contributed by atoms with Gasteiger partial charge in [0.2, 0.25) is 11.8 Å². The number of ether oxygens (including phenoxy) is 1. The summed E-state index contributed by atoms with van der Waals surface area (Å²) >= 11 is 0. The summed E-state index contributed by atoms with van der Waals surface area (Å²) in [7, 11) is 0. The molecule has 0 bridgehead atoms. The molecule has 0 saturated carbocycles. The number of rotatable bonds is 4. The molecule has 1 aromatic carbocycles. The number of nitrogens with one attached hydrogen (secondary N) is 1. The van der Waals surface area contributed by atoms with Crippen LogP contribution in [0, 0.1) is 11.8 Å². The third-order valence-electron chi connectivity index (χ3n) is 3.56. The van der Waals surface area contributed by atoms with Crippen LogP contribution in [0.3, 0.4) is 0 Å². The van der Waals surface area contributed by atoms with Crippen molar-refractivity contribution in [3.63, 3.8) is 0 Å². The fourth-order valence-electron chi connectivity index (χ4n) is 2.43. The van der Waals surface area contributed by atoms with E-state index >= 15 is 0 Å². The average Bonchev–Trinajstić information content (AvgIpc) is 2.52. The van der Waals surface area contributed by atoms with Gasteiger partial charge in [0.05, 0.1) is 12.6 Å². The zero-order chi connectivity index (χ0) is 15.9. The molecule has 0 radical (unpaired) electrons. The van der Waals surface area contributed by atoms with E-state index < -0.39 is 6.04 Å². The molecule has 2 atom stereocenters. The Balaban J connectivity index is 2.15. The molecule has 1 aromatic rings. The maximum Gasteiger partial charge on any atom is 0.249 e. The molecule has 2 rings (SSSR count). The predicted octanol–water partition coefficient (Wildman–Crippen LogP) is 0.942. The van der Waals surface area contributed by atoms with Crippen molar-refractivity contribution in [2.45, 2.75) is 32.5 Å². The van der Waals surface area contributed by atoms with Crippen LogP contribution in [0.5, 0.6) is 0 Å². The lowest BCUT2D eigenvalue weighted by Crippen LogP contribution is -2.59. The van der Waals surface area contributed by atoms with Gasteiger partial charge in [-0.05, 0) is 19.4 Å². The maximum absolute atomic E-state index is 12.4. The number of morpholine rings is 1. The van der Waals surface area contributed by atoms with E-state index in [0.29, 0.717) is 6.54 Å². The highest BCUT2D eigenvalue weighted by atomic mass is 16.5. The molecule has 22 heavy (non-hydrogen) atoms. The topological polar surface area (TPSA) is 58.6 Å². The number of carbonyl (C=O) groups excluding carboxylic acids is 2. The van der Waals surface area contributed by atoms with Crippen molar-refractivity contribution in [3.8, 4) is 11.8 Å². The molecule has 0 spiro atoms. The molecule has 116 valence electrons. The Morgan fingerprint density at radius 2 is 2.14 bits per heavy atom. The summed E-state index contributed by atoms with van der Waals surface area (Å²) in [5.41, 5.74) is 0.982. The van der Waals surface area contributed by atoms with Crippen molar-refractivity contribution < 1.29 is 14.3 Å². The van der Waals surface area contributed by atoms with Crippen molar-refractivity contribution in [3.05, 3.63) is 35.9 Å². The van der Waals surface area contributed by atoms with E-state index in [1.54, 1.807) is 18.7 Å². The molecule has 0 unspecified atom stereocenters. The molecule has 1 fully saturated rings. The minimum atomic E-state index is -0.639. The predicted molar refractivity (Wildman–Crippen MR) is 82.7 cm³/mol. The molecule has 1 heterocycles. The van der Waals surface area contributed by atoms with Gasteiger partial charge in [-0.3, -0.25) is 9.59 Å². The first-order chi connectivity index (χ1) is 10.6. The Bertz CT molecular complexity index is 589. The van der Waals surface area contributed by atoms with Crippen molar-refractivity contribution >= 4 is 11.8 Å². The highest BCUT2D eigenvalue weighted by molar-refractivity contribution is 5.89. The zero-order valence-corrected chi connectivity index (χ0v) is 12.8. The van der Waals surface area contributed by atoms with Gasteiger partial charge in [0.25, 0.3) is 0 Å². The maximum atomic E-state index is 12.4. The van der Waals surface area contributed by atoms with Gasteiger partial charge in [-0.1, -0.05) is 36.3 Å². The highest BCUT2D eigenvalue weighted by Crippen LogP contribution is 2.18. The molecule has 2 amide bonds. The molecule has 1 aliphatic rings. The van der Waals surface area contributed by atoms with Gasteiger partial charge in [-0.2, -0.15) is 0 Å². The number of amides is 2. The first-order valence-corrected chi connectivity index (χ1v) is 7.25. The number of nitrogens with zero attached hydrogens (tertiary/aromatic N) is 1. The van der Waals surface area contributed by atoms with Crippen molar-refractivity contribution in [1.82, 2.24) is 10.2 Å². The van der Waals surface area contributed by atoms with Crippen LogP contribution in [0.2, 0.25) is 0 Å². The summed E-state index contributed by atoms with van der Waals surface area (Å²) in [6.45, 7) is 4.19. The summed E-state index contributed by atoms with van der Waals surface area (Å²) in [6, 6.07) is 8.97. The summed E-state index contributed by atoms with van der Waals surface area (Å²) in [5, 5.41) is 2.73. The normalized spacial score (nSPS) is 21.0. The summed E-state index contributed by atoms with van der Waals surface area (Å²) in [5.74, 6) is 5.09. The highest BCUT2D eigenvalue weighted by Gasteiger charge is 2.38. The molecular weight excluding hydrogens is 280 g/mol. The van der Waals surface area contributed by atoms with Gasteiger partial charge >= 0.3 is 0 Å². The van der Waals surface area contributed by atoms with Gasteiger partial charge in [0.15, 0.2) is 0 Å². The summed E-state index contributed by atoms with van der Waals surface area (Å²) in [4.78, 5) is 26.1. The standard InChI is InChI=1S/C17H20N2O3/c1-3-4-10-18-17(21)16-13(2)22-12-15(20)19(16)11-14-8-6-5-7-9-14/h5-9,13,16H,10-12H2,1-2H3,(H,18,21)/t13-,16+/m1/s1. The lowest BCUT2D eigenvalue weighted by Gasteiger charge is -2.38. The van der Waals surface area contributed by atoms with E-state index in [0.717, 1.165) is 5.56 Å². The first kappa shape index (κ1) is 16.1. The van der Waals surface area contributed by atoms with Crippen LogP contribution in [0.1, 0.15) is 19.4 Å². The van der Waals surface area contributed by atoms with Crippen LogP contribution in [0.25, 0.3) is 0 Å². The van der Waals surface area contributed by atoms with Crippen molar-refractivity contribution in [2.75, 3.05) is 13.2 Å². The number of hydrogen-bond acceptors (Lipinski definition) is 3. The quantitative estimate of drug-likeness (QED) is 0.842. The van der Waals surface area contributed by atoms with Crippen LogP contribution >= 0.6 is 0 Å². The smallest absolute Gasteiger partial charge is 0.249 e. The Kier molecular flexibility index (Phi) is 5.56. The van der Waals surface area contributed by atoms with Crippen LogP contribution < -0.4 is 5.32 Å². The Hall–Kier alpha value is -2.32. The fraction of sp³-hybridized carbons (Fsp3) is 0.412. The summed E-state index contributed by atoms with van der Waals surface area (Å²) < 4.78 is 5.41. The van der Waals surface area contributed by atoms with E-state index in [9.17, 15) is 9.59 Å². The molecule has 5 nitrogen and oxygen atoms in total. The molecule has 1 aliphatic heterocycles. The Morgan fingerprint density at radius 3 is 2.82 bits per heavy atom. The largest absolute Gasteiger partial charge is 0.366 e. The van der Waals surface area contributed by atoms with Crippen LogP contribution in [0.15, 0.2) is 30.3 Å². The minimum absolute atomic E-state index is 0.00649. The second-order valence-electron chi connectivity index (χ2n) is 5.11. The second kappa shape index (κ2) is 7.62. The van der Waals surface area contributed by atoms with Crippen LogP contribution in [0.4, 0.5) is 0 Å². The third kappa shape index (κ3) is 3.86. The molecule has 5 heteroatoms. The van der Waals surface area contributed by atoms with Gasteiger partial charge in [-0.25, -0.2) is 0 Å². The zero-order valence-electron chi connectivity index (χ0n) is 12.8. The third-order valence-corrected chi connectivity index (χ3v) is 3.56. The van der Waals surface area contributed by atoms with E-state index in [1.807, 2.05) is 30.3 Å². The van der Waals surface area contributed by atoms with E-state index in [1.165, 1.54) is 0 Å². The number of benzene rings is 1. The molecular formula is C17H20N2O3. The molecule has 1 saturated heterocycles.